The van der Waals surface area contributed by atoms with E-state index in [9.17, 15) is 9.18 Å². The van der Waals surface area contributed by atoms with Crippen LogP contribution in [0.1, 0.15) is 27.2 Å². The number of rotatable bonds is 6. The molecule has 3 N–H and O–H groups in total. The summed E-state index contributed by atoms with van der Waals surface area (Å²) in [5, 5.41) is 9.14. The van der Waals surface area contributed by atoms with Crippen LogP contribution in [0.25, 0.3) is 0 Å². The van der Waals surface area contributed by atoms with Crippen molar-refractivity contribution in [1.82, 2.24) is 10.6 Å². The van der Waals surface area contributed by atoms with Crippen LogP contribution in [0.15, 0.2) is 70.3 Å². The highest BCUT2D eigenvalue weighted by Crippen LogP contribution is 2.12. The molecule has 7 heteroatoms. The fourth-order valence-electron chi connectivity index (χ4n) is 2.64. The lowest BCUT2D eigenvalue weighted by molar-refractivity contribution is 0.0996. The lowest BCUT2D eigenvalue weighted by atomic mass is 10.1. The number of guanidine groups is 1. The zero-order chi connectivity index (χ0) is 20.6. The molecule has 0 saturated heterocycles. The average molecular weight is 394 g/mol. The third-order valence-corrected chi connectivity index (χ3v) is 4.34. The molecular formula is C22H23FN4O2. The van der Waals surface area contributed by atoms with Gasteiger partial charge in [0.2, 0.25) is 0 Å². The maximum Gasteiger partial charge on any atom is 0.291 e. The number of benzene rings is 2. The number of anilines is 1. The van der Waals surface area contributed by atoms with Gasteiger partial charge in [0.05, 0.1) is 6.26 Å². The molecule has 1 heterocycles. The van der Waals surface area contributed by atoms with Crippen LogP contribution in [0, 0.1) is 12.7 Å². The molecule has 0 aliphatic heterocycles. The summed E-state index contributed by atoms with van der Waals surface area (Å²) >= 11 is 0. The number of hydrogen-bond acceptors (Lipinski definition) is 3. The monoisotopic (exact) mass is 394 g/mol. The van der Waals surface area contributed by atoms with Gasteiger partial charge in [0, 0.05) is 25.8 Å². The predicted molar refractivity (Wildman–Crippen MR) is 111 cm³/mol. The normalized spacial score (nSPS) is 11.2. The zero-order valence-electron chi connectivity index (χ0n) is 16.3. The van der Waals surface area contributed by atoms with Crippen molar-refractivity contribution >= 4 is 17.6 Å². The van der Waals surface area contributed by atoms with E-state index in [0.717, 1.165) is 11.1 Å². The first kappa shape index (κ1) is 20.1. The number of nitrogens with one attached hydrogen (secondary N) is 3. The Morgan fingerprint density at radius 1 is 1.03 bits per heavy atom. The van der Waals surface area contributed by atoms with E-state index >= 15 is 0 Å². The number of aliphatic imine (C=N–C) groups is 1. The summed E-state index contributed by atoms with van der Waals surface area (Å²) in [6.45, 7) is 2.75. The molecule has 2 aromatic carbocycles. The Hall–Kier alpha value is -3.61. The topological polar surface area (TPSA) is 78.7 Å². The van der Waals surface area contributed by atoms with E-state index < -0.39 is 0 Å². The molecule has 1 amide bonds. The second kappa shape index (κ2) is 9.54. The van der Waals surface area contributed by atoms with Gasteiger partial charge in [0.1, 0.15) is 5.82 Å². The maximum atomic E-state index is 13.6. The Morgan fingerprint density at radius 3 is 2.34 bits per heavy atom. The minimum atomic E-state index is -0.293. The number of hydrogen-bond donors (Lipinski definition) is 3. The minimum Gasteiger partial charge on any atom is -0.459 e. The van der Waals surface area contributed by atoms with Crippen LogP contribution in [0.4, 0.5) is 10.1 Å². The van der Waals surface area contributed by atoms with Crippen molar-refractivity contribution in [3.05, 3.63) is 89.1 Å². The number of amides is 1. The van der Waals surface area contributed by atoms with E-state index in [1.807, 2.05) is 30.3 Å². The van der Waals surface area contributed by atoms with Gasteiger partial charge in [-0.25, -0.2) is 4.39 Å². The summed E-state index contributed by atoms with van der Waals surface area (Å²) in [5.41, 5.74) is 3.16. The van der Waals surface area contributed by atoms with E-state index in [-0.39, 0.29) is 17.5 Å². The van der Waals surface area contributed by atoms with E-state index in [1.165, 1.54) is 12.3 Å². The minimum absolute atomic E-state index is 0.216. The second-order valence-electron chi connectivity index (χ2n) is 6.49. The number of nitrogens with zero attached hydrogens (tertiary/aromatic N) is 1. The molecule has 0 saturated carbocycles. The van der Waals surface area contributed by atoms with Crippen LogP contribution in [-0.2, 0) is 13.1 Å². The highest BCUT2D eigenvalue weighted by atomic mass is 19.1. The summed E-state index contributed by atoms with van der Waals surface area (Å²) in [6, 6.07) is 15.9. The molecule has 0 fully saturated rings. The third-order valence-electron chi connectivity index (χ3n) is 4.34. The van der Waals surface area contributed by atoms with Gasteiger partial charge >= 0.3 is 0 Å². The molecule has 150 valence electrons. The molecule has 6 nitrogen and oxygen atoms in total. The van der Waals surface area contributed by atoms with Crippen LogP contribution in [0.2, 0.25) is 0 Å². The maximum absolute atomic E-state index is 13.6. The molecule has 0 unspecified atom stereocenters. The Kier molecular flexibility index (Phi) is 6.63. The first-order valence-corrected chi connectivity index (χ1v) is 9.18. The number of aryl methyl sites for hydroxylation is 1. The van der Waals surface area contributed by atoms with Crippen molar-refractivity contribution in [1.29, 1.82) is 0 Å². The van der Waals surface area contributed by atoms with Gasteiger partial charge in [-0.05, 0) is 53.9 Å². The van der Waals surface area contributed by atoms with Crippen molar-refractivity contribution in [3.8, 4) is 0 Å². The first-order valence-electron chi connectivity index (χ1n) is 9.18. The molecule has 0 bridgehead atoms. The van der Waals surface area contributed by atoms with Gasteiger partial charge in [-0.3, -0.25) is 9.79 Å². The molecule has 0 radical (unpaired) electrons. The van der Waals surface area contributed by atoms with E-state index in [4.69, 9.17) is 4.42 Å². The standard InChI is InChI=1S/C22H23FN4O2/c1-15-5-6-17(12-19(15)23)14-26-22(24-2)25-13-16-7-9-18(10-8-16)27-21(28)20-4-3-11-29-20/h3-12H,13-14H2,1-2H3,(H,27,28)(H2,24,25,26). The van der Waals surface area contributed by atoms with Crippen molar-refractivity contribution < 1.29 is 13.6 Å². The zero-order valence-corrected chi connectivity index (χ0v) is 16.3. The van der Waals surface area contributed by atoms with Crippen molar-refractivity contribution in [3.63, 3.8) is 0 Å². The largest absolute Gasteiger partial charge is 0.459 e. The smallest absolute Gasteiger partial charge is 0.291 e. The van der Waals surface area contributed by atoms with Crippen LogP contribution < -0.4 is 16.0 Å². The van der Waals surface area contributed by atoms with E-state index in [1.54, 1.807) is 32.2 Å². The lowest BCUT2D eigenvalue weighted by Crippen LogP contribution is -2.36. The number of carbonyl (C=O) groups excluding carboxylic acids is 1. The molecule has 0 spiro atoms. The van der Waals surface area contributed by atoms with Gasteiger partial charge in [-0.2, -0.15) is 0 Å². The molecule has 29 heavy (non-hydrogen) atoms. The van der Waals surface area contributed by atoms with E-state index in [2.05, 4.69) is 20.9 Å². The second-order valence-corrected chi connectivity index (χ2v) is 6.49. The molecule has 3 aromatic rings. The van der Waals surface area contributed by atoms with Gasteiger partial charge in [-0.1, -0.05) is 24.3 Å². The fraction of sp³-hybridized carbons (Fsp3) is 0.182. The predicted octanol–water partition coefficient (Wildman–Crippen LogP) is 3.84. The number of furan rings is 1. The summed E-state index contributed by atoms with van der Waals surface area (Å²) in [7, 11) is 1.68. The molecule has 0 aliphatic rings. The Balaban J connectivity index is 1.49. The molecule has 3 rings (SSSR count). The summed E-state index contributed by atoms with van der Waals surface area (Å²) in [4.78, 5) is 16.2. The quantitative estimate of drug-likeness (QED) is 0.438. The Morgan fingerprint density at radius 2 is 1.72 bits per heavy atom. The molecule has 0 atom stereocenters. The van der Waals surface area contributed by atoms with Crippen molar-refractivity contribution in [2.24, 2.45) is 4.99 Å². The lowest BCUT2D eigenvalue weighted by Gasteiger charge is -2.13. The SMILES string of the molecule is CN=C(NCc1ccc(NC(=O)c2ccco2)cc1)NCc1ccc(C)c(F)c1. The molecular weight excluding hydrogens is 371 g/mol. The summed E-state index contributed by atoms with van der Waals surface area (Å²) in [6.07, 6.45) is 1.46. The van der Waals surface area contributed by atoms with Crippen molar-refractivity contribution in [2.75, 3.05) is 12.4 Å². The Labute approximate surface area is 168 Å². The Bertz CT molecular complexity index is 983. The highest BCUT2D eigenvalue weighted by molar-refractivity contribution is 6.02. The van der Waals surface area contributed by atoms with Crippen LogP contribution in [0.5, 0.6) is 0 Å². The first-order chi connectivity index (χ1) is 14.0. The number of halogens is 1. The van der Waals surface area contributed by atoms with Crippen LogP contribution in [-0.4, -0.2) is 18.9 Å². The molecule has 1 aromatic heterocycles. The third kappa shape index (κ3) is 5.68. The average Bonchev–Trinajstić information content (AvgIpc) is 3.27. The molecule has 0 aliphatic carbocycles. The van der Waals surface area contributed by atoms with Gasteiger partial charge < -0.3 is 20.4 Å². The fourth-order valence-corrected chi connectivity index (χ4v) is 2.64. The summed E-state index contributed by atoms with van der Waals surface area (Å²) in [5.74, 6) is 0.366. The van der Waals surface area contributed by atoms with E-state index in [0.29, 0.717) is 30.3 Å². The van der Waals surface area contributed by atoms with Crippen LogP contribution in [0.3, 0.4) is 0 Å². The summed E-state index contributed by atoms with van der Waals surface area (Å²) < 4.78 is 18.7. The van der Waals surface area contributed by atoms with Gasteiger partial charge in [0.25, 0.3) is 5.91 Å². The highest BCUT2D eigenvalue weighted by Gasteiger charge is 2.08. The van der Waals surface area contributed by atoms with Gasteiger partial charge in [-0.15, -0.1) is 0 Å². The van der Waals surface area contributed by atoms with Crippen LogP contribution >= 0.6 is 0 Å². The number of carbonyl (C=O) groups is 1. The van der Waals surface area contributed by atoms with Crippen molar-refractivity contribution in [2.45, 2.75) is 20.0 Å². The van der Waals surface area contributed by atoms with Gasteiger partial charge in [0.15, 0.2) is 11.7 Å².